The standard InChI is InChI=1S/C13H15NO2/c15-9-13(12-4-2-1-3-5-12)14-8-11-6-7-16-10-11/h1-7,10,13-15H,8-9H2/t13-/m0/s1. The lowest BCUT2D eigenvalue weighted by atomic mass is 10.1. The van der Waals surface area contributed by atoms with E-state index in [9.17, 15) is 5.11 Å². The van der Waals surface area contributed by atoms with Gasteiger partial charge in [-0.25, -0.2) is 0 Å². The molecule has 84 valence electrons. The second kappa shape index (κ2) is 5.49. The monoisotopic (exact) mass is 217 g/mol. The molecule has 1 aromatic heterocycles. The zero-order chi connectivity index (χ0) is 11.2. The molecule has 2 rings (SSSR count). The fraction of sp³-hybridized carbons (Fsp3) is 0.231. The topological polar surface area (TPSA) is 45.4 Å². The summed E-state index contributed by atoms with van der Waals surface area (Å²) in [4.78, 5) is 0. The molecule has 0 aliphatic heterocycles. The van der Waals surface area contributed by atoms with Crippen LogP contribution in [0.15, 0.2) is 53.3 Å². The molecule has 0 spiro atoms. The fourth-order valence-electron chi connectivity index (χ4n) is 1.61. The highest BCUT2D eigenvalue weighted by molar-refractivity contribution is 5.19. The molecule has 0 aliphatic carbocycles. The second-order valence-corrected chi connectivity index (χ2v) is 3.66. The average Bonchev–Trinajstić information content (AvgIpc) is 2.84. The van der Waals surface area contributed by atoms with Crippen molar-refractivity contribution in [2.24, 2.45) is 0 Å². The second-order valence-electron chi connectivity index (χ2n) is 3.66. The van der Waals surface area contributed by atoms with Crippen molar-refractivity contribution in [3.05, 3.63) is 60.1 Å². The summed E-state index contributed by atoms with van der Waals surface area (Å²) in [5, 5.41) is 12.6. The van der Waals surface area contributed by atoms with Gasteiger partial charge in [0.2, 0.25) is 0 Å². The van der Waals surface area contributed by atoms with Gasteiger partial charge in [-0.3, -0.25) is 0 Å². The van der Waals surface area contributed by atoms with Crippen molar-refractivity contribution in [3.8, 4) is 0 Å². The number of benzene rings is 1. The molecule has 1 heterocycles. The molecule has 2 aromatic rings. The first-order valence-electron chi connectivity index (χ1n) is 5.30. The maximum Gasteiger partial charge on any atom is 0.0947 e. The molecule has 1 atom stereocenters. The Labute approximate surface area is 94.7 Å². The molecule has 0 radical (unpaired) electrons. The minimum absolute atomic E-state index is 0.0314. The van der Waals surface area contributed by atoms with E-state index in [1.165, 1.54) is 0 Å². The molecular weight excluding hydrogens is 202 g/mol. The lowest BCUT2D eigenvalue weighted by Crippen LogP contribution is -2.23. The van der Waals surface area contributed by atoms with Gasteiger partial charge in [0, 0.05) is 12.1 Å². The summed E-state index contributed by atoms with van der Waals surface area (Å²) >= 11 is 0. The lowest BCUT2D eigenvalue weighted by Gasteiger charge is -2.15. The Morgan fingerprint density at radius 1 is 1.19 bits per heavy atom. The maximum absolute atomic E-state index is 9.32. The predicted octanol–water partition coefficient (Wildman–Crippen LogP) is 2.10. The smallest absolute Gasteiger partial charge is 0.0947 e. The zero-order valence-electron chi connectivity index (χ0n) is 8.97. The number of rotatable bonds is 5. The third-order valence-electron chi connectivity index (χ3n) is 2.52. The summed E-state index contributed by atoms with van der Waals surface area (Å²) in [6.07, 6.45) is 3.35. The molecule has 0 bridgehead atoms. The van der Waals surface area contributed by atoms with E-state index in [1.807, 2.05) is 36.4 Å². The van der Waals surface area contributed by atoms with Gasteiger partial charge in [-0.15, -0.1) is 0 Å². The molecule has 0 aliphatic rings. The highest BCUT2D eigenvalue weighted by Crippen LogP contribution is 2.12. The Morgan fingerprint density at radius 3 is 2.62 bits per heavy atom. The minimum Gasteiger partial charge on any atom is -0.472 e. The van der Waals surface area contributed by atoms with Crippen molar-refractivity contribution >= 4 is 0 Å². The van der Waals surface area contributed by atoms with Crippen LogP contribution in [0.4, 0.5) is 0 Å². The molecule has 0 saturated carbocycles. The molecule has 3 heteroatoms. The van der Waals surface area contributed by atoms with E-state index in [0.29, 0.717) is 6.54 Å². The van der Waals surface area contributed by atoms with E-state index in [4.69, 9.17) is 4.42 Å². The summed E-state index contributed by atoms with van der Waals surface area (Å²) < 4.78 is 4.98. The van der Waals surface area contributed by atoms with Gasteiger partial charge in [-0.05, 0) is 11.6 Å². The van der Waals surface area contributed by atoms with Gasteiger partial charge in [0.15, 0.2) is 0 Å². The lowest BCUT2D eigenvalue weighted by molar-refractivity contribution is 0.243. The van der Waals surface area contributed by atoms with Crippen molar-refractivity contribution in [1.29, 1.82) is 0 Å². The highest BCUT2D eigenvalue weighted by Gasteiger charge is 2.08. The van der Waals surface area contributed by atoms with E-state index in [2.05, 4.69) is 5.32 Å². The molecule has 0 amide bonds. The molecule has 0 saturated heterocycles. The summed E-state index contributed by atoms with van der Waals surface area (Å²) in [5.41, 5.74) is 2.17. The summed E-state index contributed by atoms with van der Waals surface area (Å²) in [6, 6.07) is 11.8. The van der Waals surface area contributed by atoms with Crippen LogP contribution in [0.1, 0.15) is 17.2 Å². The summed E-state index contributed by atoms with van der Waals surface area (Å²) in [5.74, 6) is 0. The number of nitrogens with one attached hydrogen (secondary N) is 1. The molecule has 2 N–H and O–H groups in total. The highest BCUT2D eigenvalue weighted by atomic mass is 16.3. The van der Waals surface area contributed by atoms with Crippen molar-refractivity contribution in [1.82, 2.24) is 5.32 Å². The summed E-state index contributed by atoms with van der Waals surface area (Å²) in [6.45, 7) is 0.776. The quantitative estimate of drug-likeness (QED) is 0.806. The SMILES string of the molecule is OC[C@H](NCc1ccoc1)c1ccccc1. The average molecular weight is 217 g/mol. The largest absolute Gasteiger partial charge is 0.472 e. The Bertz CT molecular complexity index is 397. The van der Waals surface area contributed by atoms with Crippen LogP contribution in [0.25, 0.3) is 0 Å². The van der Waals surface area contributed by atoms with Gasteiger partial charge in [0.25, 0.3) is 0 Å². The van der Waals surface area contributed by atoms with Crippen LogP contribution >= 0.6 is 0 Å². The van der Waals surface area contributed by atoms with Crippen molar-refractivity contribution in [2.45, 2.75) is 12.6 Å². The number of hydrogen-bond acceptors (Lipinski definition) is 3. The third kappa shape index (κ3) is 2.72. The van der Waals surface area contributed by atoms with E-state index < -0.39 is 0 Å². The van der Waals surface area contributed by atoms with Crippen LogP contribution in [-0.2, 0) is 6.54 Å². The van der Waals surface area contributed by atoms with Gasteiger partial charge in [-0.2, -0.15) is 0 Å². The number of hydrogen-bond donors (Lipinski definition) is 2. The first-order valence-corrected chi connectivity index (χ1v) is 5.30. The molecule has 0 unspecified atom stereocenters. The Balaban J connectivity index is 1.96. The van der Waals surface area contributed by atoms with Crippen molar-refractivity contribution < 1.29 is 9.52 Å². The summed E-state index contributed by atoms with van der Waals surface area (Å²) in [7, 11) is 0. The predicted molar refractivity (Wildman–Crippen MR) is 61.8 cm³/mol. The van der Waals surface area contributed by atoms with Crippen LogP contribution < -0.4 is 5.32 Å². The Hall–Kier alpha value is -1.58. The molecule has 1 aromatic carbocycles. The number of aliphatic hydroxyl groups excluding tert-OH is 1. The molecular formula is C13H15NO2. The molecule has 3 nitrogen and oxygen atoms in total. The number of aliphatic hydroxyl groups is 1. The van der Waals surface area contributed by atoms with Crippen molar-refractivity contribution in [3.63, 3.8) is 0 Å². The van der Waals surface area contributed by atoms with Gasteiger partial charge in [-0.1, -0.05) is 30.3 Å². The van der Waals surface area contributed by atoms with E-state index in [-0.39, 0.29) is 12.6 Å². The Morgan fingerprint density at radius 2 is 2.00 bits per heavy atom. The van der Waals surface area contributed by atoms with Crippen LogP contribution in [0.5, 0.6) is 0 Å². The van der Waals surface area contributed by atoms with Crippen LogP contribution in [0.3, 0.4) is 0 Å². The maximum atomic E-state index is 9.32. The van der Waals surface area contributed by atoms with E-state index >= 15 is 0 Å². The zero-order valence-corrected chi connectivity index (χ0v) is 8.97. The molecule has 16 heavy (non-hydrogen) atoms. The van der Waals surface area contributed by atoms with Gasteiger partial charge < -0.3 is 14.8 Å². The van der Waals surface area contributed by atoms with Crippen LogP contribution in [0, 0.1) is 0 Å². The van der Waals surface area contributed by atoms with E-state index in [0.717, 1.165) is 11.1 Å². The minimum atomic E-state index is -0.0314. The molecule has 0 fully saturated rings. The van der Waals surface area contributed by atoms with Crippen LogP contribution in [-0.4, -0.2) is 11.7 Å². The third-order valence-corrected chi connectivity index (χ3v) is 2.52. The Kier molecular flexibility index (Phi) is 3.75. The van der Waals surface area contributed by atoms with Gasteiger partial charge in [0.1, 0.15) is 0 Å². The first kappa shape index (κ1) is 10.9. The number of furan rings is 1. The van der Waals surface area contributed by atoms with E-state index in [1.54, 1.807) is 12.5 Å². The normalized spacial score (nSPS) is 12.6. The van der Waals surface area contributed by atoms with Gasteiger partial charge in [0.05, 0.1) is 25.2 Å². The first-order chi connectivity index (χ1) is 7.90. The van der Waals surface area contributed by atoms with Gasteiger partial charge >= 0.3 is 0 Å². The van der Waals surface area contributed by atoms with Crippen molar-refractivity contribution in [2.75, 3.05) is 6.61 Å². The fourth-order valence-corrected chi connectivity index (χ4v) is 1.61. The van der Waals surface area contributed by atoms with Crippen LogP contribution in [0.2, 0.25) is 0 Å².